The summed E-state index contributed by atoms with van der Waals surface area (Å²) in [7, 11) is 8.47. The molecule has 0 aliphatic carbocycles. The maximum absolute atomic E-state index is 14.7. The van der Waals surface area contributed by atoms with E-state index in [1.54, 1.807) is 42.8 Å². The maximum atomic E-state index is 14.7. The fourth-order valence-corrected chi connectivity index (χ4v) is 10.8. The summed E-state index contributed by atoms with van der Waals surface area (Å²) in [5.74, 6) is -2.94. The van der Waals surface area contributed by atoms with Gasteiger partial charge in [0, 0.05) is 72.2 Å². The summed E-state index contributed by atoms with van der Waals surface area (Å²) in [5.41, 5.74) is 2.73. The number of unbranched alkanes of at least 4 members (excludes halogenated alkanes) is 2. The predicted molar refractivity (Wildman–Crippen MR) is 295 cm³/mol. The van der Waals surface area contributed by atoms with Crippen LogP contribution in [-0.2, 0) is 60.7 Å². The number of methoxy groups -OCH3 is 2. The lowest BCUT2D eigenvalue weighted by molar-refractivity contribution is -0.148. The quantitative estimate of drug-likeness (QED) is 0.0663. The highest BCUT2D eigenvalue weighted by Gasteiger charge is 2.43. The molecule has 0 bridgehead atoms. The van der Waals surface area contributed by atoms with Gasteiger partial charge in [-0.3, -0.25) is 48.2 Å². The monoisotopic (exact) mass is 1060 g/mol. The Morgan fingerprint density at radius 3 is 1.99 bits per heavy atom. The van der Waals surface area contributed by atoms with Crippen molar-refractivity contribution >= 4 is 52.8 Å². The number of imide groups is 1. The molecule has 1 fully saturated rings. The van der Waals surface area contributed by atoms with Gasteiger partial charge in [-0.2, -0.15) is 0 Å². The Bertz CT molecular complexity index is 2270. The van der Waals surface area contributed by atoms with Gasteiger partial charge in [-0.25, -0.2) is 0 Å². The van der Waals surface area contributed by atoms with Gasteiger partial charge in [0.05, 0.1) is 48.7 Å². The number of carbonyl (C=O) groups is 8. The zero-order chi connectivity index (χ0) is 56.4. The van der Waals surface area contributed by atoms with Crippen molar-refractivity contribution in [3.8, 4) is 0 Å². The van der Waals surface area contributed by atoms with Gasteiger partial charge in [-0.1, -0.05) is 104 Å². The van der Waals surface area contributed by atoms with Crippen LogP contribution in [-0.4, -0.2) is 164 Å². The fraction of sp³-hybridized carbons (Fsp3) is 0.627. The van der Waals surface area contributed by atoms with Gasteiger partial charge in [0.25, 0.3) is 11.8 Å². The van der Waals surface area contributed by atoms with E-state index in [1.807, 2.05) is 108 Å². The normalized spacial score (nSPS) is 17.8. The number of nitrogens with one attached hydrogen (secondary N) is 2. The molecule has 2 aliphatic heterocycles. The van der Waals surface area contributed by atoms with Crippen molar-refractivity contribution in [3.63, 3.8) is 0 Å². The molecule has 0 saturated carbocycles. The lowest BCUT2D eigenvalue weighted by Gasteiger charge is -2.41. The van der Waals surface area contributed by atoms with Crippen LogP contribution < -0.4 is 15.5 Å². The molecular weight excluding hydrogens is 967 g/mol. The summed E-state index contributed by atoms with van der Waals surface area (Å²) < 4.78 is 12.1. The number of likely N-dealkylation sites (tertiary alicyclic amines) is 1. The molecular formula is C59H89N7O10. The molecule has 7 amide bonds. The van der Waals surface area contributed by atoms with Crippen molar-refractivity contribution in [3.05, 3.63) is 77.9 Å². The number of Topliss-reactive ketones (excluding diaryl/α,β-unsaturated/α-hetero) is 1. The van der Waals surface area contributed by atoms with Gasteiger partial charge in [0.1, 0.15) is 6.04 Å². The van der Waals surface area contributed by atoms with Crippen molar-refractivity contribution in [1.29, 1.82) is 0 Å². The predicted octanol–water partition coefficient (Wildman–Crippen LogP) is 6.01. The van der Waals surface area contributed by atoms with Crippen LogP contribution in [0.2, 0.25) is 0 Å². The van der Waals surface area contributed by atoms with E-state index in [4.69, 9.17) is 9.47 Å². The van der Waals surface area contributed by atoms with Crippen molar-refractivity contribution in [2.24, 2.45) is 23.7 Å². The average Bonchev–Trinajstić information content (AvgIpc) is 4.01. The van der Waals surface area contributed by atoms with E-state index >= 15 is 0 Å². The summed E-state index contributed by atoms with van der Waals surface area (Å²) in [6.07, 6.45) is 6.57. The second-order valence-electron chi connectivity index (χ2n) is 21.7. The lowest BCUT2D eigenvalue weighted by Crippen LogP contribution is -2.60. The van der Waals surface area contributed by atoms with Crippen LogP contribution in [0.5, 0.6) is 0 Å². The molecule has 9 atom stereocenters. The van der Waals surface area contributed by atoms with Crippen LogP contribution in [0.15, 0.2) is 66.7 Å². The number of ether oxygens (including phenoxy) is 2. The second kappa shape index (κ2) is 30.2. The Kier molecular flexibility index (Phi) is 25.0. The van der Waals surface area contributed by atoms with Crippen molar-refractivity contribution in [1.82, 2.24) is 30.2 Å². The molecule has 2 aromatic carbocycles. The SMILES string of the molecule is CC[C@H](C)[C@@H]([C@@H](CC(=O)N1CCC[C@H]1[C@H](OC)[C@@H](C)C(=O)N[C@@H](Cc1ccccc1)C(C)=O)OC)N(C)C(=O)[C@@H](NC(=O)[C@H](C(C)C)N(C)CCc1ccc(N(C)C(=O)CCCCCN2C(=O)C=CC2=O)cc1)C(C)C. The molecule has 17 heteroatoms. The lowest BCUT2D eigenvalue weighted by atomic mass is 9.89. The van der Waals surface area contributed by atoms with E-state index in [0.717, 1.165) is 23.2 Å². The van der Waals surface area contributed by atoms with Gasteiger partial charge in [0.15, 0.2) is 5.78 Å². The second-order valence-corrected chi connectivity index (χ2v) is 21.7. The highest BCUT2D eigenvalue weighted by Crippen LogP contribution is 2.30. The molecule has 4 rings (SSSR count). The Hall–Kier alpha value is -5.78. The van der Waals surface area contributed by atoms with Gasteiger partial charge >= 0.3 is 0 Å². The topological polar surface area (TPSA) is 195 Å². The van der Waals surface area contributed by atoms with E-state index in [2.05, 4.69) is 10.6 Å². The van der Waals surface area contributed by atoms with E-state index in [-0.39, 0.29) is 71.3 Å². The number of rotatable bonds is 31. The highest BCUT2D eigenvalue weighted by atomic mass is 16.5. The Balaban J connectivity index is 1.37. The minimum atomic E-state index is -0.865. The van der Waals surface area contributed by atoms with Crippen molar-refractivity contribution < 1.29 is 47.8 Å². The molecule has 2 heterocycles. The van der Waals surface area contributed by atoms with Crippen LogP contribution in [0.3, 0.4) is 0 Å². The molecule has 1 saturated heterocycles. The minimum absolute atomic E-state index is 0.0225. The fourth-order valence-electron chi connectivity index (χ4n) is 10.8. The van der Waals surface area contributed by atoms with E-state index in [0.29, 0.717) is 71.0 Å². The zero-order valence-corrected chi connectivity index (χ0v) is 47.7. The number of hydrogen-bond acceptors (Lipinski definition) is 11. The first kappa shape index (κ1) is 62.8. The number of hydrogen-bond donors (Lipinski definition) is 2. The van der Waals surface area contributed by atoms with Crippen LogP contribution in [0.25, 0.3) is 0 Å². The summed E-state index contributed by atoms with van der Waals surface area (Å²) in [5, 5.41) is 6.07. The third-order valence-corrected chi connectivity index (χ3v) is 15.6. The van der Waals surface area contributed by atoms with Gasteiger partial charge in [-0.15, -0.1) is 0 Å². The number of carbonyl (C=O) groups excluding carboxylic acids is 8. The Labute approximate surface area is 452 Å². The molecule has 0 radical (unpaired) electrons. The van der Waals surface area contributed by atoms with Gasteiger partial charge in [0.2, 0.25) is 29.5 Å². The summed E-state index contributed by atoms with van der Waals surface area (Å²) >= 11 is 0. The van der Waals surface area contributed by atoms with Gasteiger partial charge in [-0.05, 0) is 93.5 Å². The molecule has 2 aromatic rings. The van der Waals surface area contributed by atoms with Crippen molar-refractivity contribution in [2.45, 2.75) is 162 Å². The molecule has 17 nitrogen and oxygen atoms in total. The number of likely N-dealkylation sites (N-methyl/N-ethyl adjacent to an activating group) is 2. The zero-order valence-electron chi connectivity index (χ0n) is 47.7. The molecule has 2 aliphatic rings. The maximum Gasteiger partial charge on any atom is 0.253 e. The first-order valence-electron chi connectivity index (χ1n) is 27.4. The third kappa shape index (κ3) is 17.1. The van der Waals surface area contributed by atoms with Crippen LogP contribution >= 0.6 is 0 Å². The van der Waals surface area contributed by atoms with E-state index < -0.39 is 48.3 Å². The first-order chi connectivity index (χ1) is 36.1. The number of nitrogens with zero attached hydrogens (tertiary/aromatic N) is 5. The van der Waals surface area contributed by atoms with E-state index in [9.17, 15) is 38.4 Å². The van der Waals surface area contributed by atoms with E-state index in [1.165, 1.54) is 31.1 Å². The number of amides is 7. The smallest absolute Gasteiger partial charge is 0.253 e. The number of ketones is 1. The highest BCUT2D eigenvalue weighted by molar-refractivity contribution is 6.12. The number of benzene rings is 2. The Morgan fingerprint density at radius 2 is 1.42 bits per heavy atom. The molecule has 2 N–H and O–H groups in total. The Morgan fingerprint density at radius 1 is 0.776 bits per heavy atom. The minimum Gasteiger partial charge on any atom is -0.379 e. The van der Waals surface area contributed by atoms with Crippen LogP contribution in [0, 0.1) is 23.7 Å². The van der Waals surface area contributed by atoms with Crippen molar-refractivity contribution in [2.75, 3.05) is 59.9 Å². The third-order valence-electron chi connectivity index (χ3n) is 15.6. The van der Waals surface area contributed by atoms with Gasteiger partial charge < -0.3 is 34.8 Å². The average molecular weight is 1060 g/mol. The first-order valence-corrected chi connectivity index (χ1v) is 27.4. The molecule has 0 spiro atoms. The van der Waals surface area contributed by atoms with Crippen LogP contribution in [0.4, 0.5) is 5.69 Å². The summed E-state index contributed by atoms with van der Waals surface area (Å²) in [4.78, 5) is 115. The molecule has 0 aromatic heterocycles. The molecule has 76 heavy (non-hydrogen) atoms. The summed E-state index contributed by atoms with van der Waals surface area (Å²) in [6, 6.07) is 14.3. The summed E-state index contributed by atoms with van der Waals surface area (Å²) in [6.45, 7) is 16.4. The molecule has 420 valence electrons. The molecule has 0 unspecified atom stereocenters. The standard InChI is InChI=1S/C59H89N7O10/c1-14-40(6)55(48(75-12)37-52(71)65-34-21-24-47(65)56(76-13)41(7)57(72)60-46(42(8)67)36-44-22-17-15-18-23-44)64(11)59(74)53(38(2)3)61-58(73)54(39(4)5)62(9)35-32-43-26-28-45(29-27-43)63(10)49(68)25-19-16-20-33-66-50(69)30-31-51(66)70/h15,17-18,22-23,26-31,38-41,46-48,53-56H,14,16,19-21,24-25,32-37H2,1-13H3,(H,60,72)(H,61,73)/t40-,41+,46-,47-,48+,53-,54-,55-,56+/m0/s1. The van der Waals surface area contributed by atoms with Crippen LogP contribution in [0.1, 0.15) is 118 Å². The number of anilines is 1. The largest absolute Gasteiger partial charge is 0.379 e.